The molecule has 90 valence electrons. The molecule has 0 aromatic carbocycles. The van der Waals surface area contributed by atoms with Crippen LogP contribution in [0.5, 0.6) is 0 Å². The molecular weight excluding hydrogens is 232 g/mol. The highest BCUT2D eigenvalue weighted by Crippen LogP contribution is 2.20. The fourth-order valence-corrected chi connectivity index (χ4v) is 2.06. The zero-order valence-corrected chi connectivity index (χ0v) is 9.91. The van der Waals surface area contributed by atoms with Gasteiger partial charge in [0, 0.05) is 19.5 Å². The summed E-state index contributed by atoms with van der Waals surface area (Å²) in [4.78, 5) is 10.8. The maximum Gasteiger partial charge on any atom is 0.354 e. The van der Waals surface area contributed by atoms with Crippen molar-refractivity contribution in [3.8, 4) is 0 Å². The monoisotopic (exact) mass is 246 g/mol. The van der Waals surface area contributed by atoms with E-state index < -0.39 is 15.8 Å². The van der Waals surface area contributed by atoms with Crippen LogP contribution in [0.15, 0.2) is 6.20 Å². The second kappa shape index (κ2) is 4.17. The van der Waals surface area contributed by atoms with Crippen LogP contribution in [0.2, 0.25) is 0 Å². The summed E-state index contributed by atoms with van der Waals surface area (Å²) in [7, 11) is -1.52. The molecule has 1 rings (SSSR count). The molecule has 0 aliphatic heterocycles. The van der Waals surface area contributed by atoms with Crippen molar-refractivity contribution in [1.29, 1.82) is 0 Å². The molecule has 0 amide bonds. The minimum absolute atomic E-state index is 0.0106. The number of nitrogens with zero attached hydrogens (tertiary/aromatic N) is 1. The molecule has 0 saturated carbocycles. The normalized spacial score (nSPS) is 11.6. The summed E-state index contributed by atoms with van der Waals surface area (Å²) in [6, 6.07) is 0. The molecule has 0 bridgehead atoms. The highest BCUT2D eigenvalue weighted by molar-refractivity contribution is 7.90. The lowest BCUT2D eigenvalue weighted by Crippen LogP contribution is -2.08. The van der Waals surface area contributed by atoms with Gasteiger partial charge in [-0.3, -0.25) is 0 Å². The summed E-state index contributed by atoms with van der Waals surface area (Å²) in [6.07, 6.45) is 2.90. The van der Waals surface area contributed by atoms with Gasteiger partial charge in [-0.05, 0) is 12.0 Å². The first-order valence-electron chi connectivity index (χ1n) is 4.57. The highest BCUT2D eigenvalue weighted by atomic mass is 32.2. The molecule has 1 heterocycles. The average molecular weight is 246 g/mol. The number of carbonyl (C=O) groups is 1. The van der Waals surface area contributed by atoms with Crippen LogP contribution in [0.3, 0.4) is 0 Å². The van der Waals surface area contributed by atoms with Gasteiger partial charge in [-0.1, -0.05) is 0 Å². The van der Waals surface area contributed by atoms with E-state index in [0.29, 0.717) is 5.56 Å². The van der Waals surface area contributed by atoms with Crippen LogP contribution in [0.4, 0.5) is 5.69 Å². The molecule has 0 fully saturated rings. The minimum atomic E-state index is -3.08. The number of anilines is 1. The first-order valence-corrected chi connectivity index (χ1v) is 6.63. The van der Waals surface area contributed by atoms with E-state index in [1.54, 1.807) is 13.2 Å². The Bertz CT molecular complexity index is 516. The second-order valence-electron chi connectivity index (χ2n) is 3.71. The third-order valence-electron chi connectivity index (χ3n) is 2.25. The van der Waals surface area contributed by atoms with Crippen LogP contribution in [0, 0.1) is 0 Å². The Kier molecular flexibility index (Phi) is 3.27. The van der Waals surface area contributed by atoms with Crippen LogP contribution in [0.25, 0.3) is 0 Å². The van der Waals surface area contributed by atoms with Crippen molar-refractivity contribution in [2.24, 2.45) is 7.05 Å². The number of sulfone groups is 1. The van der Waals surface area contributed by atoms with Crippen molar-refractivity contribution in [3.63, 3.8) is 0 Å². The Morgan fingerprint density at radius 3 is 2.50 bits per heavy atom. The number of hydrogen-bond acceptors (Lipinski definition) is 4. The van der Waals surface area contributed by atoms with Gasteiger partial charge >= 0.3 is 5.97 Å². The SMILES string of the molecule is Cn1cc(CCS(C)(=O)=O)c(N)c1C(=O)O. The topological polar surface area (TPSA) is 102 Å². The maximum absolute atomic E-state index is 11.0. The van der Waals surface area contributed by atoms with Gasteiger partial charge in [0.25, 0.3) is 0 Å². The number of hydrogen-bond donors (Lipinski definition) is 2. The van der Waals surface area contributed by atoms with Gasteiger partial charge in [0.1, 0.15) is 9.84 Å². The smallest absolute Gasteiger partial charge is 0.354 e. The summed E-state index contributed by atoms with van der Waals surface area (Å²) >= 11 is 0. The van der Waals surface area contributed by atoms with E-state index in [4.69, 9.17) is 10.8 Å². The predicted molar refractivity (Wildman–Crippen MR) is 60.2 cm³/mol. The zero-order valence-electron chi connectivity index (χ0n) is 9.10. The van der Waals surface area contributed by atoms with Crippen LogP contribution >= 0.6 is 0 Å². The summed E-state index contributed by atoms with van der Waals surface area (Å²) < 4.78 is 23.3. The van der Waals surface area contributed by atoms with Crippen molar-refractivity contribution >= 4 is 21.5 Å². The molecule has 7 heteroatoms. The molecule has 0 aliphatic rings. The maximum atomic E-state index is 11.0. The van der Waals surface area contributed by atoms with Gasteiger partial charge in [0.05, 0.1) is 11.4 Å². The molecule has 0 unspecified atom stereocenters. The van der Waals surface area contributed by atoms with Gasteiger partial charge in [0.15, 0.2) is 5.69 Å². The number of aryl methyl sites for hydroxylation is 2. The number of nitrogen functional groups attached to an aromatic ring is 1. The lowest BCUT2D eigenvalue weighted by molar-refractivity contribution is 0.0688. The summed E-state index contributed by atoms with van der Waals surface area (Å²) in [5, 5.41) is 8.87. The first-order chi connectivity index (χ1) is 7.22. The standard InChI is InChI=1S/C9H14N2O4S/c1-11-5-6(3-4-16(2,14)15)7(10)8(11)9(12)13/h5H,3-4,10H2,1-2H3,(H,12,13). The fraction of sp³-hybridized carbons (Fsp3) is 0.444. The lowest BCUT2D eigenvalue weighted by Gasteiger charge is -1.99. The number of nitrogens with two attached hydrogens (primary N) is 1. The number of carboxylic acids is 1. The third kappa shape index (κ3) is 2.75. The van der Waals surface area contributed by atoms with Crippen LogP contribution in [0.1, 0.15) is 16.1 Å². The van der Waals surface area contributed by atoms with Crippen molar-refractivity contribution in [2.45, 2.75) is 6.42 Å². The van der Waals surface area contributed by atoms with Gasteiger partial charge in [-0.15, -0.1) is 0 Å². The zero-order chi connectivity index (χ0) is 12.5. The molecule has 0 saturated heterocycles. The van der Waals surface area contributed by atoms with E-state index in [9.17, 15) is 13.2 Å². The van der Waals surface area contributed by atoms with E-state index in [1.165, 1.54) is 4.57 Å². The average Bonchev–Trinajstić information content (AvgIpc) is 2.36. The van der Waals surface area contributed by atoms with Gasteiger partial charge < -0.3 is 15.4 Å². The minimum Gasteiger partial charge on any atom is -0.477 e. The van der Waals surface area contributed by atoms with E-state index in [-0.39, 0.29) is 23.6 Å². The third-order valence-corrected chi connectivity index (χ3v) is 3.19. The summed E-state index contributed by atoms with van der Waals surface area (Å²) in [5.41, 5.74) is 6.31. The van der Waals surface area contributed by atoms with Crippen molar-refractivity contribution in [3.05, 3.63) is 17.5 Å². The van der Waals surface area contributed by atoms with E-state index >= 15 is 0 Å². The Morgan fingerprint density at radius 2 is 2.12 bits per heavy atom. The number of aromatic nitrogens is 1. The molecule has 1 aromatic heterocycles. The number of aromatic carboxylic acids is 1. The molecule has 0 atom stereocenters. The van der Waals surface area contributed by atoms with E-state index in [2.05, 4.69) is 0 Å². The summed E-state index contributed by atoms with van der Waals surface area (Å²) in [5.74, 6) is -1.16. The Morgan fingerprint density at radius 1 is 1.56 bits per heavy atom. The Hall–Kier alpha value is -1.50. The van der Waals surface area contributed by atoms with E-state index in [0.717, 1.165) is 6.26 Å². The molecule has 0 spiro atoms. The van der Waals surface area contributed by atoms with Crippen LogP contribution < -0.4 is 5.73 Å². The quantitative estimate of drug-likeness (QED) is 0.771. The second-order valence-corrected chi connectivity index (χ2v) is 5.97. The Balaban J connectivity index is 3.00. The first kappa shape index (κ1) is 12.6. The van der Waals surface area contributed by atoms with Crippen LogP contribution in [-0.2, 0) is 23.3 Å². The van der Waals surface area contributed by atoms with Crippen molar-refractivity contribution in [1.82, 2.24) is 4.57 Å². The summed E-state index contributed by atoms with van der Waals surface area (Å²) in [6.45, 7) is 0. The van der Waals surface area contributed by atoms with Crippen molar-refractivity contribution in [2.75, 3.05) is 17.7 Å². The fourth-order valence-electron chi connectivity index (χ4n) is 1.47. The van der Waals surface area contributed by atoms with Crippen molar-refractivity contribution < 1.29 is 18.3 Å². The number of carboxylic acid groups (broad SMARTS) is 1. The Labute approximate surface area is 93.6 Å². The molecule has 1 aromatic rings. The molecule has 0 aliphatic carbocycles. The predicted octanol–water partition coefficient (Wildman–Crippen LogP) is -0.107. The van der Waals surface area contributed by atoms with E-state index in [1.807, 2.05) is 0 Å². The van der Waals surface area contributed by atoms with Crippen LogP contribution in [-0.4, -0.2) is 36.1 Å². The molecule has 3 N–H and O–H groups in total. The van der Waals surface area contributed by atoms with Gasteiger partial charge in [0.2, 0.25) is 0 Å². The van der Waals surface area contributed by atoms with Gasteiger partial charge in [-0.25, -0.2) is 13.2 Å². The molecule has 0 radical (unpaired) electrons. The largest absolute Gasteiger partial charge is 0.477 e. The molecular formula is C9H14N2O4S. The van der Waals surface area contributed by atoms with Gasteiger partial charge in [-0.2, -0.15) is 0 Å². The highest BCUT2D eigenvalue weighted by Gasteiger charge is 2.17. The number of rotatable bonds is 4. The molecule has 16 heavy (non-hydrogen) atoms. The molecule has 6 nitrogen and oxygen atoms in total. The lowest BCUT2D eigenvalue weighted by atomic mass is 10.2.